The standard InChI is InChI=1S/C16H17NO3/c1-10-7-8-13(19-2)12(9-10)16(18)11-5-4-6-14(20-3)15(11)17/h4-9H,17H2,1-3H3. The molecule has 0 saturated heterocycles. The van der Waals surface area contributed by atoms with Crippen LogP contribution >= 0.6 is 0 Å². The van der Waals surface area contributed by atoms with Gasteiger partial charge in [0.25, 0.3) is 0 Å². The second-order valence-electron chi connectivity index (χ2n) is 4.45. The van der Waals surface area contributed by atoms with Crippen molar-refractivity contribution in [3.05, 3.63) is 53.1 Å². The first kappa shape index (κ1) is 13.9. The van der Waals surface area contributed by atoms with Crippen LogP contribution < -0.4 is 15.2 Å². The molecule has 0 atom stereocenters. The zero-order valence-electron chi connectivity index (χ0n) is 11.8. The highest BCUT2D eigenvalue weighted by Gasteiger charge is 2.18. The van der Waals surface area contributed by atoms with Crippen molar-refractivity contribution < 1.29 is 14.3 Å². The highest BCUT2D eigenvalue weighted by Crippen LogP contribution is 2.29. The number of rotatable bonds is 4. The van der Waals surface area contributed by atoms with Gasteiger partial charge < -0.3 is 15.2 Å². The van der Waals surface area contributed by atoms with Crippen LogP contribution in [0.4, 0.5) is 5.69 Å². The van der Waals surface area contributed by atoms with Crippen molar-refractivity contribution >= 4 is 11.5 Å². The van der Waals surface area contributed by atoms with Gasteiger partial charge in [-0.2, -0.15) is 0 Å². The molecule has 0 radical (unpaired) electrons. The number of nitrogens with two attached hydrogens (primary N) is 1. The maximum atomic E-state index is 12.7. The van der Waals surface area contributed by atoms with Gasteiger partial charge in [0.05, 0.1) is 25.5 Å². The molecule has 4 heteroatoms. The van der Waals surface area contributed by atoms with Crippen LogP contribution in [0, 0.1) is 6.92 Å². The van der Waals surface area contributed by atoms with Crippen LogP contribution in [0.15, 0.2) is 36.4 Å². The van der Waals surface area contributed by atoms with Crippen LogP contribution in [0.5, 0.6) is 11.5 Å². The zero-order valence-corrected chi connectivity index (χ0v) is 11.8. The number of benzene rings is 2. The largest absolute Gasteiger partial charge is 0.496 e. The van der Waals surface area contributed by atoms with Crippen molar-refractivity contribution in [3.8, 4) is 11.5 Å². The van der Waals surface area contributed by atoms with Crippen molar-refractivity contribution in [2.75, 3.05) is 20.0 Å². The van der Waals surface area contributed by atoms with Gasteiger partial charge in [-0.1, -0.05) is 17.7 Å². The third-order valence-corrected chi connectivity index (χ3v) is 3.13. The minimum absolute atomic E-state index is 0.179. The molecule has 0 unspecified atom stereocenters. The number of carbonyl (C=O) groups excluding carboxylic acids is 1. The summed E-state index contributed by atoms with van der Waals surface area (Å²) in [5, 5.41) is 0. The Hall–Kier alpha value is -2.49. The molecule has 20 heavy (non-hydrogen) atoms. The molecule has 2 rings (SSSR count). The minimum Gasteiger partial charge on any atom is -0.496 e. The molecule has 2 aromatic rings. The van der Waals surface area contributed by atoms with E-state index in [1.807, 2.05) is 13.0 Å². The molecule has 0 spiro atoms. The summed E-state index contributed by atoms with van der Waals surface area (Å²) >= 11 is 0. The van der Waals surface area contributed by atoms with E-state index in [9.17, 15) is 4.79 Å². The van der Waals surface area contributed by atoms with Crippen LogP contribution in [-0.4, -0.2) is 20.0 Å². The van der Waals surface area contributed by atoms with Gasteiger partial charge in [0.2, 0.25) is 0 Å². The van der Waals surface area contributed by atoms with Crippen LogP contribution in [0.3, 0.4) is 0 Å². The summed E-state index contributed by atoms with van der Waals surface area (Å²) in [5.74, 6) is 0.840. The smallest absolute Gasteiger partial charge is 0.198 e. The Morgan fingerprint density at radius 1 is 1.00 bits per heavy atom. The Labute approximate surface area is 118 Å². The van der Waals surface area contributed by atoms with Crippen LogP contribution in [0.2, 0.25) is 0 Å². The molecule has 104 valence electrons. The van der Waals surface area contributed by atoms with E-state index in [4.69, 9.17) is 15.2 Å². The number of ketones is 1. The molecule has 2 N–H and O–H groups in total. The van der Waals surface area contributed by atoms with E-state index in [2.05, 4.69) is 0 Å². The highest BCUT2D eigenvalue weighted by atomic mass is 16.5. The molecule has 4 nitrogen and oxygen atoms in total. The maximum absolute atomic E-state index is 12.7. The minimum atomic E-state index is -0.179. The summed E-state index contributed by atoms with van der Waals surface area (Å²) in [4.78, 5) is 12.7. The molecule has 0 aliphatic heterocycles. The fourth-order valence-electron chi connectivity index (χ4n) is 2.06. The Balaban J connectivity index is 2.54. The lowest BCUT2D eigenvalue weighted by atomic mass is 9.99. The molecule has 0 fully saturated rings. The van der Waals surface area contributed by atoms with Crippen molar-refractivity contribution in [3.63, 3.8) is 0 Å². The molecule has 0 heterocycles. The summed E-state index contributed by atoms with van der Waals surface area (Å²) in [5.41, 5.74) is 8.20. The molecule has 0 aliphatic rings. The molecular formula is C16H17NO3. The summed E-state index contributed by atoms with van der Waals surface area (Å²) in [6.45, 7) is 1.92. The topological polar surface area (TPSA) is 61.5 Å². The van der Waals surface area contributed by atoms with E-state index < -0.39 is 0 Å². The van der Waals surface area contributed by atoms with Gasteiger partial charge in [0.1, 0.15) is 11.5 Å². The normalized spacial score (nSPS) is 10.2. The Morgan fingerprint density at radius 3 is 2.35 bits per heavy atom. The first-order chi connectivity index (χ1) is 9.58. The molecule has 0 aromatic heterocycles. The fourth-order valence-corrected chi connectivity index (χ4v) is 2.06. The van der Waals surface area contributed by atoms with Gasteiger partial charge in [-0.05, 0) is 31.2 Å². The predicted octanol–water partition coefficient (Wildman–Crippen LogP) is 2.83. The van der Waals surface area contributed by atoms with Crippen molar-refractivity contribution in [2.24, 2.45) is 0 Å². The van der Waals surface area contributed by atoms with E-state index in [-0.39, 0.29) is 5.78 Å². The van der Waals surface area contributed by atoms with Gasteiger partial charge in [0, 0.05) is 5.56 Å². The Kier molecular flexibility index (Phi) is 3.94. The lowest BCUT2D eigenvalue weighted by Gasteiger charge is -2.12. The molecule has 0 aliphatic carbocycles. The van der Waals surface area contributed by atoms with E-state index >= 15 is 0 Å². The molecule has 0 bridgehead atoms. The second-order valence-corrected chi connectivity index (χ2v) is 4.45. The SMILES string of the molecule is COc1ccc(C)cc1C(=O)c1cccc(OC)c1N. The number of hydrogen-bond acceptors (Lipinski definition) is 4. The highest BCUT2D eigenvalue weighted by molar-refractivity contribution is 6.14. The van der Waals surface area contributed by atoms with Gasteiger partial charge in [0.15, 0.2) is 5.78 Å². The first-order valence-corrected chi connectivity index (χ1v) is 6.20. The number of hydrogen-bond donors (Lipinski definition) is 1. The number of nitrogen functional groups attached to an aromatic ring is 1. The van der Waals surface area contributed by atoms with Crippen LogP contribution in [-0.2, 0) is 0 Å². The quantitative estimate of drug-likeness (QED) is 0.686. The molecule has 0 saturated carbocycles. The van der Waals surface area contributed by atoms with E-state index in [1.54, 1.807) is 30.3 Å². The number of aryl methyl sites for hydroxylation is 1. The van der Waals surface area contributed by atoms with Crippen LogP contribution in [0.25, 0.3) is 0 Å². The number of anilines is 1. The predicted molar refractivity (Wildman–Crippen MR) is 78.6 cm³/mol. The lowest BCUT2D eigenvalue weighted by Crippen LogP contribution is -2.08. The van der Waals surface area contributed by atoms with Gasteiger partial charge in [-0.25, -0.2) is 0 Å². The van der Waals surface area contributed by atoms with E-state index in [0.29, 0.717) is 28.3 Å². The van der Waals surface area contributed by atoms with E-state index in [0.717, 1.165) is 5.56 Å². The average Bonchev–Trinajstić information content (AvgIpc) is 2.46. The Morgan fingerprint density at radius 2 is 1.70 bits per heavy atom. The third kappa shape index (κ3) is 2.45. The van der Waals surface area contributed by atoms with E-state index in [1.165, 1.54) is 14.2 Å². The number of ether oxygens (including phenoxy) is 2. The van der Waals surface area contributed by atoms with Gasteiger partial charge >= 0.3 is 0 Å². The summed E-state index contributed by atoms with van der Waals surface area (Å²) in [6, 6.07) is 10.6. The summed E-state index contributed by atoms with van der Waals surface area (Å²) < 4.78 is 10.4. The van der Waals surface area contributed by atoms with Crippen molar-refractivity contribution in [1.29, 1.82) is 0 Å². The van der Waals surface area contributed by atoms with Crippen molar-refractivity contribution in [2.45, 2.75) is 6.92 Å². The summed E-state index contributed by atoms with van der Waals surface area (Å²) in [6.07, 6.45) is 0. The van der Waals surface area contributed by atoms with Crippen LogP contribution in [0.1, 0.15) is 21.5 Å². The number of para-hydroxylation sites is 1. The Bertz CT molecular complexity index is 650. The third-order valence-electron chi connectivity index (χ3n) is 3.13. The number of carbonyl (C=O) groups is 1. The zero-order chi connectivity index (χ0) is 14.7. The summed E-state index contributed by atoms with van der Waals surface area (Å²) in [7, 11) is 3.06. The molecule has 2 aromatic carbocycles. The number of methoxy groups -OCH3 is 2. The molecule has 0 amide bonds. The average molecular weight is 271 g/mol. The van der Waals surface area contributed by atoms with Gasteiger partial charge in [-0.3, -0.25) is 4.79 Å². The molecular weight excluding hydrogens is 254 g/mol. The lowest BCUT2D eigenvalue weighted by molar-refractivity contribution is 0.103. The second kappa shape index (κ2) is 5.65. The van der Waals surface area contributed by atoms with Gasteiger partial charge in [-0.15, -0.1) is 0 Å². The maximum Gasteiger partial charge on any atom is 0.198 e. The van der Waals surface area contributed by atoms with Crippen molar-refractivity contribution in [1.82, 2.24) is 0 Å². The fraction of sp³-hybridized carbons (Fsp3) is 0.188. The first-order valence-electron chi connectivity index (χ1n) is 6.20. The monoisotopic (exact) mass is 271 g/mol.